The van der Waals surface area contributed by atoms with Gasteiger partial charge in [0.2, 0.25) is 0 Å². The maximum absolute atomic E-state index is 4.51. The lowest BCUT2D eigenvalue weighted by atomic mass is 10.0. The Balaban J connectivity index is 1.31. The average Bonchev–Trinajstić information content (AvgIpc) is 3.39. The largest absolute Gasteiger partial charge is 0.297 e. The molecule has 0 spiro atoms. The van der Waals surface area contributed by atoms with Crippen LogP contribution in [0.2, 0.25) is 0 Å². The predicted octanol–water partition coefficient (Wildman–Crippen LogP) is 5.34. The van der Waals surface area contributed by atoms with Gasteiger partial charge in [-0.3, -0.25) is 9.80 Å². The van der Waals surface area contributed by atoms with E-state index in [1.807, 2.05) is 4.68 Å². The van der Waals surface area contributed by atoms with E-state index in [4.69, 9.17) is 0 Å². The first kappa shape index (κ1) is 25.1. The highest BCUT2D eigenvalue weighted by molar-refractivity contribution is 5.64. The molecule has 190 valence electrons. The summed E-state index contributed by atoms with van der Waals surface area (Å²) in [5.74, 6) is 0.812. The second-order valence-corrected chi connectivity index (χ2v) is 9.89. The molecule has 0 amide bonds. The van der Waals surface area contributed by atoms with Gasteiger partial charge in [0, 0.05) is 44.8 Å². The lowest BCUT2D eigenvalue weighted by Crippen LogP contribution is -2.45. The van der Waals surface area contributed by atoms with E-state index in [0.29, 0.717) is 0 Å². The fourth-order valence-electron chi connectivity index (χ4n) is 5.11. The van der Waals surface area contributed by atoms with Crippen LogP contribution in [0.3, 0.4) is 0 Å². The third kappa shape index (κ3) is 5.87. The second-order valence-electron chi connectivity index (χ2n) is 9.89. The van der Waals surface area contributed by atoms with E-state index in [2.05, 4.69) is 125 Å². The van der Waals surface area contributed by atoms with Crippen LogP contribution in [0.1, 0.15) is 34.7 Å². The number of nitrogens with zero attached hydrogens (tertiary/aromatic N) is 6. The van der Waals surface area contributed by atoms with Gasteiger partial charge in [0.05, 0.1) is 5.69 Å². The van der Waals surface area contributed by atoms with Gasteiger partial charge in [0.25, 0.3) is 0 Å². The van der Waals surface area contributed by atoms with Gasteiger partial charge in [-0.15, -0.1) is 5.10 Å². The standard InChI is InChI=1S/C31H36N6/c1-4-26-15-16-28(23-36-20-18-35(19-21-36)17-9-14-27-12-6-5-7-13-27)29(22-26)31-32-33-34-37(31)30-24(2)10-8-11-25(30)3/h5-16,22H,4,17-21,23H2,1-3H3. The van der Waals surface area contributed by atoms with Crippen molar-refractivity contribution in [2.45, 2.75) is 33.7 Å². The average molecular weight is 493 g/mol. The minimum atomic E-state index is 0.812. The van der Waals surface area contributed by atoms with Gasteiger partial charge < -0.3 is 0 Å². The lowest BCUT2D eigenvalue weighted by molar-refractivity contribution is 0.137. The number of para-hydroxylation sites is 1. The molecule has 37 heavy (non-hydrogen) atoms. The molecule has 0 bridgehead atoms. The molecule has 3 aromatic carbocycles. The van der Waals surface area contributed by atoms with E-state index in [0.717, 1.165) is 62.8 Å². The first-order valence-electron chi connectivity index (χ1n) is 13.3. The van der Waals surface area contributed by atoms with Gasteiger partial charge in [-0.25, -0.2) is 0 Å². The molecular formula is C31H36N6. The highest BCUT2D eigenvalue weighted by Gasteiger charge is 2.21. The molecule has 1 aliphatic rings. The van der Waals surface area contributed by atoms with E-state index >= 15 is 0 Å². The van der Waals surface area contributed by atoms with Crippen LogP contribution < -0.4 is 0 Å². The van der Waals surface area contributed by atoms with Crippen molar-refractivity contribution in [3.8, 4) is 17.1 Å². The highest BCUT2D eigenvalue weighted by atomic mass is 15.5. The number of tetrazole rings is 1. The van der Waals surface area contributed by atoms with Crippen LogP contribution in [0.5, 0.6) is 0 Å². The number of rotatable bonds is 8. The maximum atomic E-state index is 4.51. The van der Waals surface area contributed by atoms with Gasteiger partial charge in [-0.05, 0) is 64.6 Å². The molecule has 6 heteroatoms. The highest BCUT2D eigenvalue weighted by Crippen LogP contribution is 2.29. The monoisotopic (exact) mass is 492 g/mol. The Hall–Kier alpha value is -3.61. The Kier molecular flexibility index (Phi) is 7.87. The summed E-state index contributed by atoms with van der Waals surface area (Å²) in [6, 6.07) is 23.6. The van der Waals surface area contributed by atoms with E-state index in [-0.39, 0.29) is 0 Å². The quantitative estimate of drug-likeness (QED) is 0.332. The summed E-state index contributed by atoms with van der Waals surface area (Å²) in [7, 11) is 0. The SMILES string of the molecule is CCc1ccc(CN2CCN(CC=Cc3ccccc3)CC2)c(-c2nnnn2-c2c(C)cccc2C)c1. The van der Waals surface area contributed by atoms with Crippen molar-refractivity contribution in [1.82, 2.24) is 30.0 Å². The molecule has 1 aromatic heterocycles. The summed E-state index contributed by atoms with van der Waals surface area (Å²) in [6.07, 6.45) is 5.47. The first-order chi connectivity index (χ1) is 18.1. The Bertz CT molecular complexity index is 1330. The summed E-state index contributed by atoms with van der Waals surface area (Å²) in [6.45, 7) is 12.6. The van der Waals surface area contributed by atoms with Crippen LogP contribution in [0.15, 0.2) is 72.8 Å². The number of aromatic nitrogens is 4. The Morgan fingerprint density at radius 3 is 2.30 bits per heavy atom. The van der Waals surface area contributed by atoms with Crippen LogP contribution in [0, 0.1) is 13.8 Å². The molecule has 0 aliphatic carbocycles. The van der Waals surface area contributed by atoms with E-state index in [9.17, 15) is 0 Å². The van der Waals surface area contributed by atoms with Crippen LogP contribution in [-0.2, 0) is 13.0 Å². The zero-order valence-electron chi connectivity index (χ0n) is 22.1. The predicted molar refractivity (Wildman–Crippen MR) is 151 cm³/mol. The molecule has 6 nitrogen and oxygen atoms in total. The molecule has 1 fully saturated rings. The molecule has 2 heterocycles. The third-order valence-corrected chi connectivity index (χ3v) is 7.28. The lowest BCUT2D eigenvalue weighted by Gasteiger charge is -2.34. The smallest absolute Gasteiger partial charge is 0.187 e. The van der Waals surface area contributed by atoms with Crippen molar-refractivity contribution in [1.29, 1.82) is 0 Å². The summed E-state index contributed by atoms with van der Waals surface area (Å²) in [5.41, 5.74) is 8.35. The topological polar surface area (TPSA) is 50.1 Å². The molecule has 1 saturated heterocycles. The zero-order chi connectivity index (χ0) is 25.6. The van der Waals surface area contributed by atoms with E-state index in [1.54, 1.807) is 0 Å². The summed E-state index contributed by atoms with van der Waals surface area (Å²) >= 11 is 0. The van der Waals surface area contributed by atoms with Gasteiger partial charge in [-0.2, -0.15) is 4.68 Å². The molecule has 0 radical (unpaired) electrons. The van der Waals surface area contributed by atoms with Crippen molar-refractivity contribution >= 4 is 6.08 Å². The van der Waals surface area contributed by atoms with Crippen LogP contribution in [0.4, 0.5) is 0 Å². The van der Waals surface area contributed by atoms with Crippen molar-refractivity contribution in [2.24, 2.45) is 0 Å². The van der Waals surface area contributed by atoms with Crippen molar-refractivity contribution in [3.63, 3.8) is 0 Å². The van der Waals surface area contributed by atoms with Gasteiger partial charge in [0.15, 0.2) is 5.82 Å². The zero-order valence-corrected chi connectivity index (χ0v) is 22.1. The van der Waals surface area contributed by atoms with Crippen molar-refractivity contribution < 1.29 is 0 Å². The number of aryl methyl sites for hydroxylation is 3. The van der Waals surface area contributed by atoms with Crippen LogP contribution in [0.25, 0.3) is 23.2 Å². The van der Waals surface area contributed by atoms with Gasteiger partial charge in [0.1, 0.15) is 0 Å². The summed E-state index contributed by atoms with van der Waals surface area (Å²) in [4.78, 5) is 5.08. The molecule has 0 N–H and O–H groups in total. The van der Waals surface area contributed by atoms with Crippen LogP contribution in [-0.4, -0.2) is 62.7 Å². The van der Waals surface area contributed by atoms with Crippen molar-refractivity contribution in [3.05, 3.63) is 101 Å². The second kappa shape index (κ2) is 11.6. The minimum Gasteiger partial charge on any atom is -0.297 e. The van der Waals surface area contributed by atoms with Crippen LogP contribution >= 0.6 is 0 Å². The van der Waals surface area contributed by atoms with Gasteiger partial charge >= 0.3 is 0 Å². The number of piperazine rings is 1. The molecule has 0 atom stereocenters. The Morgan fingerprint density at radius 1 is 0.838 bits per heavy atom. The van der Waals surface area contributed by atoms with Gasteiger partial charge in [-0.1, -0.05) is 79.7 Å². The Morgan fingerprint density at radius 2 is 1.57 bits per heavy atom. The summed E-state index contributed by atoms with van der Waals surface area (Å²) < 4.78 is 1.92. The third-order valence-electron chi connectivity index (χ3n) is 7.28. The summed E-state index contributed by atoms with van der Waals surface area (Å²) in [5, 5.41) is 13.0. The number of hydrogen-bond acceptors (Lipinski definition) is 5. The van der Waals surface area contributed by atoms with Crippen molar-refractivity contribution in [2.75, 3.05) is 32.7 Å². The number of benzene rings is 3. The first-order valence-corrected chi connectivity index (χ1v) is 13.3. The van der Waals surface area contributed by atoms with E-state index < -0.39 is 0 Å². The Labute approximate surface area is 220 Å². The van der Waals surface area contributed by atoms with E-state index in [1.165, 1.54) is 27.8 Å². The fourth-order valence-corrected chi connectivity index (χ4v) is 5.11. The molecule has 5 rings (SSSR count). The number of hydrogen-bond donors (Lipinski definition) is 0. The molecule has 0 unspecified atom stereocenters. The fraction of sp³-hybridized carbons (Fsp3) is 0.323. The molecule has 1 aliphatic heterocycles. The molecule has 4 aromatic rings. The normalized spacial score (nSPS) is 15.0. The minimum absolute atomic E-state index is 0.812. The maximum Gasteiger partial charge on any atom is 0.187 e. The molecule has 0 saturated carbocycles. The molecular weight excluding hydrogens is 456 g/mol.